The van der Waals surface area contributed by atoms with Gasteiger partial charge in [0.1, 0.15) is 0 Å². The summed E-state index contributed by atoms with van der Waals surface area (Å²) in [6.45, 7) is 3.54. The maximum absolute atomic E-state index is 10.5. The first-order chi connectivity index (χ1) is 13.0. The molecule has 0 saturated heterocycles. The minimum absolute atomic E-state index is 0.181. The van der Waals surface area contributed by atoms with E-state index >= 15 is 0 Å². The number of carboxylic acids is 2. The minimum Gasteiger partial charge on any atom is -0.481 e. The Balaban J connectivity index is 2.40. The summed E-state index contributed by atoms with van der Waals surface area (Å²) in [5.41, 5.74) is 0. The average Bonchev–Trinajstić information content (AvgIpc) is 2.60. The molecule has 1 rings (SSSR count). The van der Waals surface area contributed by atoms with Gasteiger partial charge in [-0.15, -0.1) is 0 Å². The Morgan fingerprint density at radius 2 is 1.30 bits per heavy atom. The summed E-state index contributed by atoms with van der Waals surface area (Å²) < 4.78 is 5.36. The first-order valence-electron chi connectivity index (χ1n) is 9.31. The second-order valence-corrected chi connectivity index (χ2v) is 5.96. The molecule has 152 valence electrons. The van der Waals surface area contributed by atoms with E-state index in [0.717, 1.165) is 25.7 Å². The molecule has 4 N–H and O–H groups in total. The van der Waals surface area contributed by atoms with Gasteiger partial charge in [0.15, 0.2) is 0 Å². The number of rotatable bonds is 16. The van der Waals surface area contributed by atoms with Crippen LogP contribution in [0.2, 0.25) is 0 Å². The molecule has 10 nitrogen and oxygen atoms in total. The standard InChI is InChI=1S/C17H29N5O5/c1-2-27-17-21-15(18-11-7-3-5-9-13(23)24)20-16(22-17)19-12-8-4-6-10-14(25)26/h2-12H2,1H3,(H,23,24)(H,25,26)(H2,18,19,20,21,22). The number of ether oxygens (including phenoxy) is 1. The fourth-order valence-electron chi connectivity index (χ4n) is 2.26. The van der Waals surface area contributed by atoms with Crippen LogP contribution in [0.5, 0.6) is 6.01 Å². The predicted molar refractivity (Wildman–Crippen MR) is 100 cm³/mol. The topological polar surface area (TPSA) is 147 Å². The third-order valence-electron chi connectivity index (χ3n) is 3.59. The molecule has 0 radical (unpaired) electrons. The molecule has 0 aliphatic heterocycles. The number of nitrogens with zero attached hydrogens (tertiary/aromatic N) is 3. The zero-order valence-corrected chi connectivity index (χ0v) is 15.7. The number of unbranched alkanes of at least 4 members (excludes halogenated alkanes) is 4. The van der Waals surface area contributed by atoms with Crippen molar-refractivity contribution in [1.29, 1.82) is 0 Å². The number of nitrogens with one attached hydrogen (secondary N) is 2. The monoisotopic (exact) mass is 383 g/mol. The molecule has 27 heavy (non-hydrogen) atoms. The summed E-state index contributed by atoms with van der Waals surface area (Å²) in [4.78, 5) is 33.6. The minimum atomic E-state index is -0.777. The number of anilines is 2. The number of aromatic nitrogens is 3. The molecule has 1 aromatic rings. The van der Waals surface area contributed by atoms with Gasteiger partial charge in [0.2, 0.25) is 11.9 Å². The molecule has 0 unspecified atom stereocenters. The quantitative estimate of drug-likeness (QED) is 0.314. The van der Waals surface area contributed by atoms with E-state index in [4.69, 9.17) is 14.9 Å². The van der Waals surface area contributed by atoms with E-state index in [2.05, 4.69) is 25.6 Å². The SMILES string of the molecule is CCOc1nc(NCCCCCC(=O)O)nc(NCCCCCC(=O)O)n1. The second kappa shape index (κ2) is 13.5. The zero-order valence-electron chi connectivity index (χ0n) is 15.7. The van der Waals surface area contributed by atoms with Crippen molar-refractivity contribution in [3.05, 3.63) is 0 Å². The highest BCUT2D eigenvalue weighted by atomic mass is 16.5. The van der Waals surface area contributed by atoms with Crippen LogP contribution in [-0.2, 0) is 9.59 Å². The zero-order chi connectivity index (χ0) is 19.9. The predicted octanol–water partition coefficient (Wildman–Crippen LogP) is 2.38. The molecule has 0 saturated carbocycles. The van der Waals surface area contributed by atoms with Gasteiger partial charge in [-0.2, -0.15) is 15.0 Å². The summed E-state index contributed by atoms with van der Waals surface area (Å²) in [7, 11) is 0. The summed E-state index contributed by atoms with van der Waals surface area (Å²) in [6.07, 6.45) is 4.90. The smallest absolute Gasteiger partial charge is 0.323 e. The van der Waals surface area contributed by atoms with E-state index in [9.17, 15) is 9.59 Å². The molecule has 0 aromatic carbocycles. The van der Waals surface area contributed by atoms with Crippen molar-refractivity contribution in [2.45, 2.75) is 58.3 Å². The Kier molecular flexibility index (Phi) is 11.2. The van der Waals surface area contributed by atoms with Crippen molar-refractivity contribution in [2.75, 3.05) is 30.3 Å². The fraction of sp³-hybridized carbons (Fsp3) is 0.706. The highest BCUT2D eigenvalue weighted by Gasteiger charge is 2.07. The summed E-state index contributed by atoms with van der Waals surface area (Å²) in [6, 6.07) is 0.231. The van der Waals surface area contributed by atoms with Gasteiger partial charge >= 0.3 is 17.9 Å². The fourth-order valence-corrected chi connectivity index (χ4v) is 2.26. The van der Waals surface area contributed by atoms with E-state index in [1.165, 1.54) is 0 Å². The first kappa shape index (κ1) is 22.4. The number of aliphatic carboxylic acids is 2. The van der Waals surface area contributed by atoms with Gasteiger partial charge in [-0.05, 0) is 32.6 Å². The van der Waals surface area contributed by atoms with Gasteiger partial charge in [0.25, 0.3) is 0 Å². The molecule has 10 heteroatoms. The highest BCUT2D eigenvalue weighted by Crippen LogP contribution is 2.12. The van der Waals surface area contributed by atoms with Gasteiger partial charge in [-0.25, -0.2) is 0 Å². The van der Waals surface area contributed by atoms with Crippen LogP contribution in [0.1, 0.15) is 58.3 Å². The van der Waals surface area contributed by atoms with Crippen LogP contribution in [0, 0.1) is 0 Å². The average molecular weight is 383 g/mol. The van der Waals surface area contributed by atoms with Crippen LogP contribution in [0.15, 0.2) is 0 Å². The van der Waals surface area contributed by atoms with Crippen LogP contribution in [0.3, 0.4) is 0 Å². The summed E-state index contributed by atoms with van der Waals surface area (Å²) in [5.74, 6) is -0.749. The van der Waals surface area contributed by atoms with Crippen LogP contribution in [-0.4, -0.2) is 56.8 Å². The molecule has 1 heterocycles. The lowest BCUT2D eigenvalue weighted by Crippen LogP contribution is -2.12. The van der Waals surface area contributed by atoms with Crippen LogP contribution >= 0.6 is 0 Å². The van der Waals surface area contributed by atoms with Crippen molar-refractivity contribution < 1.29 is 24.5 Å². The molecule has 0 amide bonds. The number of hydrogen-bond acceptors (Lipinski definition) is 8. The maximum atomic E-state index is 10.5. The van der Waals surface area contributed by atoms with Crippen LogP contribution < -0.4 is 15.4 Å². The van der Waals surface area contributed by atoms with Crippen molar-refractivity contribution >= 4 is 23.8 Å². The Morgan fingerprint density at radius 1 is 0.815 bits per heavy atom. The summed E-state index contributed by atoms with van der Waals surface area (Å²) in [5, 5.41) is 23.4. The Bertz CT molecular complexity index is 541. The number of carbonyl (C=O) groups is 2. The molecule has 1 aromatic heterocycles. The maximum Gasteiger partial charge on any atom is 0.323 e. The van der Waals surface area contributed by atoms with Gasteiger partial charge in [0, 0.05) is 25.9 Å². The number of hydrogen-bond donors (Lipinski definition) is 4. The normalized spacial score (nSPS) is 10.4. The van der Waals surface area contributed by atoms with Gasteiger partial charge in [-0.1, -0.05) is 12.8 Å². The lowest BCUT2D eigenvalue weighted by atomic mass is 10.2. The Morgan fingerprint density at radius 3 is 1.70 bits per heavy atom. The molecular weight excluding hydrogens is 354 g/mol. The van der Waals surface area contributed by atoms with Crippen LogP contribution in [0.25, 0.3) is 0 Å². The first-order valence-corrected chi connectivity index (χ1v) is 9.31. The van der Waals surface area contributed by atoms with Crippen molar-refractivity contribution in [1.82, 2.24) is 15.0 Å². The third kappa shape index (κ3) is 11.6. The molecule has 0 atom stereocenters. The Labute approximate surface area is 158 Å². The lowest BCUT2D eigenvalue weighted by Gasteiger charge is -2.10. The van der Waals surface area contributed by atoms with E-state index in [1.54, 1.807) is 0 Å². The Hall–Kier alpha value is -2.65. The molecule has 0 aliphatic rings. The van der Waals surface area contributed by atoms with Crippen LogP contribution in [0.4, 0.5) is 11.9 Å². The third-order valence-corrected chi connectivity index (χ3v) is 3.59. The van der Waals surface area contributed by atoms with Crippen molar-refractivity contribution in [2.24, 2.45) is 0 Å². The van der Waals surface area contributed by atoms with E-state index in [0.29, 0.717) is 44.4 Å². The van der Waals surface area contributed by atoms with E-state index < -0.39 is 11.9 Å². The van der Waals surface area contributed by atoms with E-state index in [-0.39, 0.29) is 18.9 Å². The van der Waals surface area contributed by atoms with Crippen molar-refractivity contribution in [3.63, 3.8) is 0 Å². The molecule has 0 aliphatic carbocycles. The highest BCUT2D eigenvalue weighted by molar-refractivity contribution is 5.66. The summed E-state index contributed by atoms with van der Waals surface area (Å²) >= 11 is 0. The largest absolute Gasteiger partial charge is 0.481 e. The molecule has 0 fully saturated rings. The van der Waals surface area contributed by atoms with Gasteiger partial charge in [-0.3, -0.25) is 9.59 Å². The second-order valence-electron chi connectivity index (χ2n) is 5.96. The molecular formula is C17H29N5O5. The number of carboxylic acid groups (broad SMARTS) is 2. The van der Waals surface area contributed by atoms with Crippen molar-refractivity contribution in [3.8, 4) is 6.01 Å². The van der Waals surface area contributed by atoms with Gasteiger partial charge in [0.05, 0.1) is 6.61 Å². The molecule has 0 bridgehead atoms. The molecule has 0 spiro atoms. The van der Waals surface area contributed by atoms with Gasteiger partial charge < -0.3 is 25.6 Å². The lowest BCUT2D eigenvalue weighted by molar-refractivity contribution is -0.138. The van der Waals surface area contributed by atoms with E-state index in [1.807, 2.05) is 6.92 Å².